The van der Waals surface area contributed by atoms with Crippen molar-refractivity contribution in [2.75, 3.05) is 11.9 Å². The summed E-state index contributed by atoms with van der Waals surface area (Å²) < 4.78 is 0. The zero-order chi connectivity index (χ0) is 12.5. The van der Waals surface area contributed by atoms with Crippen molar-refractivity contribution < 1.29 is 9.90 Å². The first kappa shape index (κ1) is 11.4. The van der Waals surface area contributed by atoms with Crippen molar-refractivity contribution in [2.24, 2.45) is 0 Å². The fraction of sp³-hybridized carbons (Fsp3) is 0.583. The monoisotopic (exact) mass is 248 g/mol. The summed E-state index contributed by atoms with van der Waals surface area (Å²) >= 11 is 0. The van der Waals surface area contributed by atoms with Crippen LogP contribution in [0.15, 0.2) is 6.20 Å². The molecule has 0 spiro atoms. The number of aryl methyl sites for hydroxylation is 1. The summed E-state index contributed by atoms with van der Waals surface area (Å²) in [6.45, 7) is 1.07. The lowest BCUT2D eigenvalue weighted by Gasteiger charge is -2.36. The second-order valence-electron chi connectivity index (χ2n) is 4.88. The Morgan fingerprint density at radius 1 is 1.50 bits per heavy atom. The number of hydrogen-bond donors (Lipinski definition) is 3. The van der Waals surface area contributed by atoms with E-state index in [0.717, 1.165) is 43.5 Å². The first-order chi connectivity index (χ1) is 8.74. The molecule has 1 saturated heterocycles. The molecule has 1 aliphatic carbocycles. The van der Waals surface area contributed by atoms with Crippen LogP contribution in [0.2, 0.25) is 0 Å². The average Bonchev–Trinajstić information content (AvgIpc) is 2.38. The van der Waals surface area contributed by atoms with Crippen molar-refractivity contribution in [3.8, 4) is 0 Å². The summed E-state index contributed by atoms with van der Waals surface area (Å²) in [5.74, 6) is 0.590. The van der Waals surface area contributed by atoms with Crippen LogP contribution in [-0.2, 0) is 6.42 Å². The number of piperidine rings is 1. The van der Waals surface area contributed by atoms with E-state index in [2.05, 4.69) is 20.6 Å². The summed E-state index contributed by atoms with van der Waals surface area (Å²) in [4.78, 5) is 19.1. The Morgan fingerprint density at radius 2 is 2.39 bits per heavy atom. The first-order valence-electron chi connectivity index (χ1n) is 6.33. The molecule has 2 heterocycles. The highest BCUT2D eigenvalue weighted by Gasteiger charge is 2.33. The van der Waals surface area contributed by atoms with Crippen LogP contribution in [0.5, 0.6) is 0 Å². The van der Waals surface area contributed by atoms with Gasteiger partial charge in [0.2, 0.25) is 5.95 Å². The SMILES string of the molecule is O=C(O)Nc1ncc2c(n1)[C@@H]1CCCN[C@H]1CC2. The van der Waals surface area contributed by atoms with Crippen molar-refractivity contribution >= 4 is 12.0 Å². The minimum atomic E-state index is -1.12. The third-order valence-electron chi connectivity index (χ3n) is 3.78. The van der Waals surface area contributed by atoms with Crippen molar-refractivity contribution in [1.82, 2.24) is 15.3 Å². The van der Waals surface area contributed by atoms with E-state index >= 15 is 0 Å². The number of hydrogen-bond acceptors (Lipinski definition) is 4. The van der Waals surface area contributed by atoms with Gasteiger partial charge in [0.25, 0.3) is 0 Å². The Labute approximate surface area is 105 Å². The molecule has 3 rings (SSSR count). The second-order valence-corrected chi connectivity index (χ2v) is 4.88. The molecule has 2 atom stereocenters. The summed E-state index contributed by atoms with van der Waals surface area (Å²) in [7, 11) is 0. The average molecular weight is 248 g/mol. The smallest absolute Gasteiger partial charge is 0.411 e. The summed E-state index contributed by atoms with van der Waals surface area (Å²) in [5.41, 5.74) is 2.19. The molecular weight excluding hydrogens is 232 g/mol. The number of fused-ring (bicyclic) bond motifs is 3. The highest BCUT2D eigenvalue weighted by Crippen LogP contribution is 2.35. The third-order valence-corrected chi connectivity index (χ3v) is 3.78. The van der Waals surface area contributed by atoms with Crippen LogP contribution in [0.4, 0.5) is 10.7 Å². The van der Waals surface area contributed by atoms with Crippen LogP contribution in [0.1, 0.15) is 36.4 Å². The van der Waals surface area contributed by atoms with Gasteiger partial charge in [-0.3, -0.25) is 5.32 Å². The van der Waals surface area contributed by atoms with E-state index in [9.17, 15) is 4.79 Å². The maximum absolute atomic E-state index is 10.6. The lowest BCUT2D eigenvalue weighted by molar-refractivity contribution is 0.209. The summed E-state index contributed by atoms with van der Waals surface area (Å²) in [6, 6.07) is 0.485. The van der Waals surface area contributed by atoms with E-state index < -0.39 is 6.09 Å². The van der Waals surface area contributed by atoms with Crippen LogP contribution < -0.4 is 10.6 Å². The van der Waals surface area contributed by atoms with Crippen LogP contribution >= 0.6 is 0 Å². The molecule has 18 heavy (non-hydrogen) atoms. The molecule has 0 unspecified atom stereocenters. The Kier molecular flexibility index (Phi) is 2.87. The van der Waals surface area contributed by atoms with E-state index in [0.29, 0.717) is 12.0 Å². The molecule has 0 aromatic carbocycles. The van der Waals surface area contributed by atoms with Gasteiger partial charge < -0.3 is 10.4 Å². The van der Waals surface area contributed by atoms with Crippen molar-refractivity contribution in [3.63, 3.8) is 0 Å². The molecule has 1 aromatic rings. The standard InChI is InChI=1S/C12H16N4O2/c17-12(18)16-11-14-6-7-3-4-9-8(10(7)15-11)2-1-5-13-9/h6,8-9,13H,1-5H2,(H,17,18)(H,14,15,16)/t8-,9+/m1/s1. The van der Waals surface area contributed by atoms with Gasteiger partial charge in [0.15, 0.2) is 0 Å². The zero-order valence-corrected chi connectivity index (χ0v) is 10.0. The Morgan fingerprint density at radius 3 is 3.22 bits per heavy atom. The van der Waals surface area contributed by atoms with Crippen molar-refractivity contribution in [3.05, 3.63) is 17.5 Å². The molecule has 0 bridgehead atoms. The highest BCUT2D eigenvalue weighted by molar-refractivity contribution is 5.80. The fourth-order valence-electron chi connectivity index (χ4n) is 2.98. The van der Waals surface area contributed by atoms with Crippen LogP contribution in [0, 0.1) is 0 Å². The zero-order valence-electron chi connectivity index (χ0n) is 10.0. The molecule has 0 radical (unpaired) electrons. The van der Waals surface area contributed by atoms with Crippen LogP contribution in [0.25, 0.3) is 0 Å². The molecule has 2 aliphatic rings. The van der Waals surface area contributed by atoms with E-state index in [1.54, 1.807) is 6.20 Å². The quantitative estimate of drug-likeness (QED) is 0.698. The van der Waals surface area contributed by atoms with Gasteiger partial charge in [-0.05, 0) is 37.8 Å². The molecule has 0 saturated carbocycles. The largest absolute Gasteiger partial charge is 0.465 e. The predicted molar refractivity (Wildman–Crippen MR) is 65.8 cm³/mol. The number of carboxylic acid groups (broad SMARTS) is 1. The van der Waals surface area contributed by atoms with Crippen LogP contribution in [0.3, 0.4) is 0 Å². The lowest BCUT2D eigenvalue weighted by atomic mass is 9.78. The van der Waals surface area contributed by atoms with Gasteiger partial charge >= 0.3 is 6.09 Å². The third kappa shape index (κ3) is 2.03. The van der Waals surface area contributed by atoms with Crippen LogP contribution in [-0.4, -0.2) is 33.8 Å². The molecule has 1 fully saturated rings. The molecule has 6 heteroatoms. The van der Waals surface area contributed by atoms with Crippen molar-refractivity contribution in [1.29, 1.82) is 0 Å². The van der Waals surface area contributed by atoms with E-state index in [1.165, 1.54) is 0 Å². The summed E-state index contributed by atoms with van der Waals surface area (Å²) in [6.07, 6.45) is 4.99. The van der Waals surface area contributed by atoms with Gasteiger partial charge in [0.1, 0.15) is 0 Å². The number of nitrogens with zero attached hydrogens (tertiary/aromatic N) is 2. The summed E-state index contributed by atoms with van der Waals surface area (Å²) in [5, 5.41) is 14.4. The fourth-order valence-corrected chi connectivity index (χ4v) is 2.98. The number of amides is 1. The molecule has 1 amide bonds. The maximum Gasteiger partial charge on any atom is 0.411 e. The number of rotatable bonds is 1. The molecule has 1 aliphatic heterocycles. The molecule has 1 aromatic heterocycles. The maximum atomic E-state index is 10.6. The topological polar surface area (TPSA) is 87.1 Å². The minimum Gasteiger partial charge on any atom is -0.465 e. The van der Waals surface area contributed by atoms with Gasteiger partial charge in [0.05, 0.1) is 5.69 Å². The highest BCUT2D eigenvalue weighted by atomic mass is 16.4. The van der Waals surface area contributed by atoms with Gasteiger partial charge in [-0.2, -0.15) is 0 Å². The van der Waals surface area contributed by atoms with E-state index in [4.69, 9.17) is 5.11 Å². The number of anilines is 1. The second kappa shape index (κ2) is 4.53. The number of carbonyl (C=O) groups is 1. The Hall–Kier alpha value is -1.69. The molecule has 6 nitrogen and oxygen atoms in total. The first-order valence-corrected chi connectivity index (χ1v) is 6.33. The normalized spacial score (nSPS) is 26.0. The van der Waals surface area contributed by atoms with Crippen molar-refractivity contribution in [2.45, 2.75) is 37.6 Å². The minimum absolute atomic E-state index is 0.187. The number of aromatic nitrogens is 2. The molecule has 3 N–H and O–H groups in total. The van der Waals surface area contributed by atoms with Gasteiger partial charge in [-0.15, -0.1) is 0 Å². The molecule has 96 valence electrons. The number of nitrogens with one attached hydrogen (secondary N) is 2. The van der Waals surface area contributed by atoms with E-state index in [-0.39, 0.29) is 5.95 Å². The Balaban J connectivity index is 1.92. The Bertz CT molecular complexity index is 477. The van der Waals surface area contributed by atoms with Gasteiger partial charge in [0, 0.05) is 18.2 Å². The van der Waals surface area contributed by atoms with Gasteiger partial charge in [-0.1, -0.05) is 0 Å². The van der Waals surface area contributed by atoms with Gasteiger partial charge in [-0.25, -0.2) is 14.8 Å². The molecular formula is C12H16N4O2. The lowest BCUT2D eigenvalue weighted by Crippen LogP contribution is -2.43. The predicted octanol–water partition coefficient (Wildman–Crippen LogP) is 1.35. The van der Waals surface area contributed by atoms with E-state index in [1.807, 2.05) is 0 Å².